The summed E-state index contributed by atoms with van der Waals surface area (Å²) in [6.07, 6.45) is 3.93. The highest BCUT2D eigenvalue weighted by atomic mass is 32.1. The molecule has 3 aromatic heterocycles. The maximum absolute atomic E-state index is 4.48. The average Bonchev–Trinajstić information content (AvgIpc) is 3.25. The molecule has 0 aliphatic rings. The van der Waals surface area contributed by atoms with Crippen LogP contribution in [0.1, 0.15) is 11.3 Å². The Bertz CT molecular complexity index is 719. The summed E-state index contributed by atoms with van der Waals surface area (Å²) in [7, 11) is 4.25. The van der Waals surface area contributed by atoms with Gasteiger partial charge in [0.25, 0.3) is 0 Å². The van der Waals surface area contributed by atoms with Crippen LogP contribution in [0, 0.1) is 0 Å². The molecule has 5 heteroatoms. The lowest BCUT2D eigenvalue weighted by Gasteiger charge is -2.24. The van der Waals surface area contributed by atoms with E-state index in [1.165, 1.54) is 11.3 Å². The number of nitrogens with zero attached hydrogens (tertiary/aromatic N) is 4. The third-order valence-corrected chi connectivity index (χ3v) is 4.70. The van der Waals surface area contributed by atoms with Gasteiger partial charge in [-0.15, -0.1) is 0 Å². The van der Waals surface area contributed by atoms with E-state index >= 15 is 0 Å². The molecular formula is C19H24N4S. The summed E-state index contributed by atoms with van der Waals surface area (Å²) in [5.74, 6) is 0.973. The van der Waals surface area contributed by atoms with Gasteiger partial charge in [0, 0.05) is 44.3 Å². The lowest BCUT2D eigenvalue weighted by Crippen LogP contribution is -2.31. The van der Waals surface area contributed by atoms with Gasteiger partial charge in [0.1, 0.15) is 5.82 Å². The van der Waals surface area contributed by atoms with Crippen LogP contribution < -0.4 is 0 Å². The van der Waals surface area contributed by atoms with Gasteiger partial charge in [0.2, 0.25) is 0 Å². The third kappa shape index (κ3) is 4.54. The van der Waals surface area contributed by atoms with E-state index in [2.05, 4.69) is 68.6 Å². The summed E-state index contributed by atoms with van der Waals surface area (Å²) in [5, 5.41) is 4.39. The predicted molar refractivity (Wildman–Crippen MR) is 101 cm³/mol. The smallest absolute Gasteiger partial charge is 0.136 e. The summed E-state index contributed by atoms with van der Waals surface area (Å²) in [6.45, 7) is 3.97. The average molecular weight is 340 g/mol. The van der Waals surface area contributed by atoms with Crippen LogP contribution in [0.5, 0.6) is 0 Å². The minimum Gasteiger partial charge on any atom is -0.308 e. The number of hydrogen-bond acceptors (Lipinski definition) is 4. The van der Waals surface area contributed by atoms with Crippen LogP contribution in [0.2, 0.25) is 0 Å². The van der Waals surface area contributed by atoms with Gasteiger partial charge in [-0.05, 0) is 60.8 Å². The van der Waals surface area contributed by atoms with Crippen LogP contribution in [-0.4, -0.2) is 46.5 Å². The number of thiophene rings is 1. The molecule has 0 fully saturated rings. The first kappa shape index (κ1) is 16.9. The second-order valence-corrected chi connectivity index (χ2v) is 6.98. The van der Waals surface area contributed by atoms with Gasteiger partial charge >= 0.3 is 0 Å². The highest BCUT2D eigenvalue weighted by Gasteiger charge is 2.12. The zero-order valence-electron chi connectivity index (χ0n) is 14.3. The van der Waals surface area contributed by atoms with Crippen LogP contribution in [0.3, 0.4) is 0 Å². The minimum absolute atomic E-state index is 0.910. The Morgan fingerprint density at radius 3 is 2.67 bits per heavy atom. The van der Waals surface area contributed by atoms with Crippen LogP contribution in [-0.2, 0) is 13.1 Å². The Morgan fingerprint density at radius 2 is 1.96 bits per heavy atom. The molecule has 0 N–H and O–H groups in total. The largest absolute Gasteiger partial charge is 0.308 e. The molecule has 0 bridgehead atoms. The van der Waals surface area contributed by atoms with Crippen molar-refractivity contribution in [3.8, 4) is 5.82 Å². The molecule has 3 heterocycles. The highest BCUT2D eigenvalue weighted by Crippen LogP contribution is 2.15. The summed E-state index contributed by atoms with van der Waals surface area (Å²) in [5.41, 5.74) is 2.65. The second-order valence-electron chi connectivity index (χ2n) is 6.20. The van der Waals surface area contributed by atoms with Crippen molar-refractivity contribution in [3.63, 3.8) is 0 Å². The third-order valence-electron chi connectivity index (χ3n) is 3.96. The maximum Gasteiger partial charge on any atom is 0.136 e. The Morgan fingerprint density at radius 1 is 1.04 bits per heavy atom. The van der Waals surface area contributed by atoms with Crippen molar-refractivity contribution in [2.75, 3.05) is 27.2 Å². The molecule has 0 unspecified atom stereocenters. The highest BCUT2D eigenvalue weighted by molar-refractivity contribution is 7.07. The Labute approximate surface area is 148 Å². The molecule has 0 aliphatic heterocycles. The van der Waals surface area contributed by atoms with E-state index in [4.69, 9.17) is 0 Å². The molecule has 3 rings (SSSR count). The zero-order valence-corrected chi connectivity index (χ0v) is 15.1. The lowest BCUT2D eigenvalue weighted by molar-refractivity contribution is 0.223. The maximum atomic E-state index is 4.48. The van der Waals surface area contributed by atoms with E-state index in [0.717, 1.165) is 32.0 Å². The van der Waals surface area contributed by atoms with E-state index < -0.39 is 0 Å². The summed E-state index contributed by atoms with van der Waals surface area (Å²) < 4.78 is 2.18. The topological polar surface area (TPSA) is 24.3 Å². The van der Waals surface area contributed by atoms with Crippen molar-refractivity contribution >= 4 is 11.3 Å². The van der Waals surface area contributed by atoms with Gasteiger partial charge in [-0.2, -0.15) is 11.3 Å². The second kappa shape index (κ2) is 8.24. The van der Waals surface area contributed by atoms with Gasteiger partial charge in [-0.1, -0.05) is 6.07 Å². The molecule has 0 radical (unpaired) electrons. The van der Waals surface area contributed by atoms with Crippen molar-refractivity contribution in [2.24, 2.45) is 0 Å². The molecule has 126 valence electrons. The van der Waals surface area contributed by atoms with Gasteiger partial charge in [-0.25, -0.2) is 4.98 Å². The number of pyridine rings is 1. The fourth-order valence-corrected chi connectivity index (χ4v) is 3.35. The van der Waals surface area contributed by atoms with E-state index in [9.17, 15) is 0 Å². The quantitative estimate of drug-likeness (QED) is 0.627. The fourth-order valence-electron chi connectivity index (χ4n) is 2.69. The number of aromatic nitrogens is 2. The Kier molecular flexibility index (Phi) is 5.80. The summed E-state index contributed by atoms with van der Waals surface area (Å²) >= 11 is 1.76. The van der Waals surface area contributed by atoms with Crippen molar-refractivity contribution in [1.82, 2.24) is 19.4 Å². The first-order chi connectivity index (χ1) is 11.7. The molecule has 0 amide bonds. The first-order valence-electron chi connectivity index (χ1n) is 8.18. The molecule has 0 aromatic carbocycles. The molecule has 0 aliphatic carbocycles. The van der Waals surface area contributed by atoms with Crippen LogP contribution in [0.15, 0.2) is 59.6 Å². The molecule has 0 saturated carbocycles. The minimum atomic E-state index is 0.910. The summed E-state index contributed by atoms with van der Waals surface area (Å²) in [4.78, 5) is 9.21. The van der Waals surface area contributed by atoms with Gasteiger partial charge in [-0.3, -0.25) is 4.90 Å². The predicted octanol–water partition coefficient (Wildman–Crippen LogP) is 3.50. The zero-order chi connectivity index (χ0) is 16.8. The van der Waals surface area contributed by atoms with Crippen molar-refractivity contribution in [1.29, 1.82) is 0 Å². The number of likely N-dealkylation sites (N-methyl/N-ethyl adjacent to an activating group) is 1. The molecule has 4 nitrogen and oxygen atoms in total. The molecule has 0 spiro atoms. The van der Waals surface area contributed by atoms with Gasteiger partial charge < -0.3 is 9.47 Å². The molecule has 0 atom stereocenters. The van der Waals surface area contributed by atoms with Crippen molar-refractivity contribution in [3.05, 3.63) is 70.8 Å². The van der Waals surface area contributed by atoms with Gasteiger partial charge in [0.15, 0.2) is 0 Å². The van der Waals surface area contributed by atoms with Gasteiger partial charge in [0.05, 0.1) is 0 Å². The monoisotopic (exact) mass is 340 g/mol. The Balaban J connectivity index is 1.76. The molecule has 24 heavy (non-hydrogen) atoms. The Hall–Kier alpha value is -1.95. The van der Waals surface area contributed by atoms with Crippen LogP contribution >= 0.6 is 11.3 Å². The molecule has 0 saturated heterocycles. The first-order valence-corrected chi connectivity index (χ1v) is 9.12. The van der Waals surface area contributed by atoms with Crippen LogP contribution in [0.4, 0.5) is 0 Å². The number of rotatable bonds is 8. The van der Waals surface area contributed by atoms with Crippen LogP contribution in [0.25, 0.3) is 5.82 Å². The van der Waals surface area contributed by atoms with Crippen molar-refractivity contribution < 1.29 is 0 Å². The van der Waals surface area contributed by atoms with Crippen molar-refractivity contribution in [2.45, 2.75) is 13.1 Å². The normalized spacial score (nSPS) is 11.5. The van der Waals surface area contributed by atoms with E-state index in [1.807, 2.05) is 24.4 Å². The van der Waals surface area contributed by atoms with E-state index in [0.29, 0.717) is 0 Å². The lowest BCUT2D eigenvalue weighted by atomic mass is 10.3. The molecular weight excluding hydrogens is 316 g/mol. The fraction of sp³-hybridized carbons (Fsp3) is 0.316. The number of hydrogen-bond donors (Lipinski definition) is 0. The standard InChI is InChI=1S/C19H24N4S/c1-21(2)11-12-22(14-17-8-13-24-16-17)15-18-6-5-10-23(18)19-7-3-4-9-20-19/h3-10,13,16H,11-12,14-15H2,1-2H3. The van der Waals surface area contributed by atoms with E-state index in [-0.39, 0.29) is 0 Å². The molecule has 3 aromatic rings. The SMILES string of the molecule is CN(C)CCN(Cc1ccsc1)Cc1cccn1-c1ccccn1. The summed E-state index contributed by atoms with van der Waals surface area (Å²) in [6, 6.07) is 12.5. The van der Waals surface area contributed by atoms with E-state index in [1.54, 1.807) is 11.3 Å².